The Kier molecular flexibility index (Phi) is 8.13. The third kappa shape index (κ3) is 6.12. The van der Waals surface area contributed by atoms with Gasteiger partial charge in [0.25, 0.3) is 0 Å². The number of nitrogens with zero attached hydrogens (tertiary/aromatic N) is 3. The standard InChI is InChI=1S/C57H35N3O/c1-3-15-39(16-4-1)55-58-56(40-17-5-2-6-18-40)60-57(59-55)45-22-12-20-42(32-45)41-19-11-21-44(31-41)50-34-46(43-28-27-38-26-25-36-13-7-9-23-47(36)49(38)33-43)35-51-53-48-24-10-8-14-37(48)29-30-52(53)61-54(50)51/h1-35H. The van der Waals surface area contributed by atoms with Crippen LogP contribution in [0.4, 0.5) is 0 Å². The van der Waals surface area contributed by atoms with E-state index < -0.39 is 0 Å². The lowest BCUT2D eigenvalue weighted by molar-refractivity contribution is 0.670. The van der Waals surface area contributed by atoms with Crippen molar-refractivity contribution in [3.63, 3.8) is 0 Å². The summed E-state index contributed by atoms with van der Waals surface area (Å²) in [6.07, 6.45) is 0. The van der Waals surface area contributed by atoms with Gasteiger partial charge in [-0.3, -0.25) is 0 Å². The van der Waals surface area contributed by atoms with Crippen LogP contribution in [0.5, 0.6) is 0 Å². The molecule has 0 saturated carbocycles. The molecule has 12 rings (SSSR count). The number of benzene rings is 10. The van der Waals surface area contributed by atoms with E-state index in [0.29, 0.717) is 17.5 Å². The Hall–Kier alpha value is -8.21. The van der Waals surface area contributed by atoms with Crippen LogP contribution in [0.3, 0.4) is 0 Å². The van der Waals surface area contributed by atoms with Gasteiger partial charge in [0.05, 0.1) is 0 Å². The first kappa shape index (κ1) is 34.8. The van der Waals surface area contributed by atoms with E-state index in [4.69, 9.17) is 19.4 Å². The summed E-state index contributed by atoms with van der Waals surface area (Å²) in [6, 6.07) is 74.8. The zero-order valence-electron chi connectivity index (χ0n) is 33.0. The molecule has 2 heterocycles. The Bertz CT molecular complexity index is 3590. The second kappa shape index (κ2) is 14.3. The maximum atomic E-state index is 6.86. The van der Waals surface area contributed by atoms with Crippen LogP contribution >= 0.6 is 0 Å². The van der Waals surface area contributed by atoms with Crippen molar-refractivity contribution in [1.29, 1.82) is 0 Å². The van der Waals surface area contributed by atoms with E-state index in [1.807, 2.05) is 60.7 Å². The number of aromatic nitrogens is 3. The first-order valence-corrected chi connectivity index (χ1v) is 20.6. The van der Waals surface area contributed by atoms with Crippen LogP contribution in [0.2, 0.25) is 0 Å². The normalized spacial score (nSPS) is 11.6. The molecule has 0 bridgehead atoms. The average molecular weight is 778 g/mol. The van der Waals surface area contributed by atoms with Crippen LogP contribution in [0.15, 0.2) is 217 Å². The molecule has 61 heavy (non-hydrogen) atoms. The maximum Gasteiger partial charge on any atom is 0.164 e. The van der Waals surface area contributed by atoms with Gasteiger partial charge < -0.3 is 4.42 Å². The summed E-state index contributed by atoms with van der Waals surface area (Å²) < 4.78 is 6.86. The monoisotopic (exact) mass is 777 g/mol. The smallest absolute Gasteiger partial charge is 0.164 e. The minimum atomic E-state index is 0.623. The molecule has 10 aromatic carbocycles. The van der Waals surface area contributed by atoms with E-state index in [2.05, 4.69) is 152 Å². The van der Waals surface area contributed by atoms with Crippen LogP contribution in [0, 0.1) is 0 Å². The van der Waals surface area contributed by atoms with Crippen molar-refractivity contribution in [1.82, 2.24) is 15.0 Å². The lowest BCUT2D eigenvalue weighted by Gasteiger charge is -2.12. The van der Waals surface area contributed by atoms with Crippen molar-refractivity contribution < 1.29 is 4.42 Å². The van der Waals surface area contributed by atoms with Crippen molar-refractivity contribution in [2.45, 2.75) is 0 Å². The summed E-state index contributed by atoms with van der Waals surface area (Å²) in [5, 5.41) is 9.56. The molecule has 0 aliphatic carbocycles. The Morgan fingerprint density at radius 2 is 0.754 bits per heavy atom. The molecule has 4 heteroatoms. The van der Waals surface area contributed by atoms with Crippen molar-refractivity contribution in [3.8, 4) is 67.5 Å². The highest BCUT2D eigenvalue weighted by Crippen LogP contribution is 2.43. The fraction of sp³-hybridized carbons (Fsp3) is 0. The quantitative estimate of drug-likeness (QED) is 0.158. The van der Waals surface area contributed by atoms with Crippen LogP contribution in [0.25, 0.3) is 122 Å². The average Bonchev–Trinajstić information content (AvgIpc) is 3.73. The first-order chi connectivity index (χ1) is 30.2. The second-order valence-corrected chi connectivity index (χ2v) is 15.6. The summed E-state index contributed by atoms with van der Waals surface area (Å²) in [5.41, 5.74) is 11.1. The van der Waals surface area contributed by atoms with E-state index in [-0.39, 0.29) is 0 Å². The lowest BCUT2D eigenvalue weighted by Crippen LogP contribution is -2.00. The molecule has 4 nitrogen and oxygen atoms in total. The summed E-state index contributed by atoms with van der Waals surface area (Å²) in [4.78, 5) is 14.9. The molecule has 12 aromatic rings. The van der Waals surface area contributed by atoms with E-state index in [0.717, 1.165) is 72.0 Å². The second-order valence-electron chi connectivity index (χ2n) is 15.6. The molecule has 0 atom stereocenters. The van der Waals surface area contributed by atoms with Gasteiger partial charge in [-0.1, -0.05) is 176 Å². The fourth-order valence-electron chi connectivity index (χ4n) is 8.85. The van der Waals surface area contributed by atoms with E-state index in [9.17, 15) is 0 Å². The zero-order chi connectivity index (χ0) is 40.3. The van der Waals surface area contributed by atoms with Crippen LogP contribution in [0.1, 0.15) is 0 Å². The van der Waals surface area contributed by atoms with Gasteiger partial charge in [0, 0.05) is 33.0 Å². The molecule has 0 N–H and O–H groups in total. The highest BCUT2D eigenvalue weighted by atomic mass is 16.3. The van der Waals surface area contributed by atoms with Gasteiger partial charge in [-0.2, -0.15) is 0 Å². The van der Waals surface area contributed by atoms with Crippen molar-refractivity contribution in [3.05, 3.63) is 212 Å². The maximum absolute atomic E-state index is 6.86. The summed E-state index contributed by atoms with van der Waals surface area (Å²) in [7, 11) is 0. The summed E-state index contributed by atoms with van der Waals surface area (Å²) in [6.45, 7) is 0. The van der Waals surface area contributed by atoms with Gasteiger partial charge in [0.2, 0.25) is 0 Å². The molecular formula is C57H35N3O. The Morgan fingerprint density at radius 1 is 0.279 bits per heavy atom. The van der Waals surface area contributed by atoms with E-state index in [1.165, 1.54) is 32.3 Å². The Balaban J connectivity index is 1.02. The molecule has 0 aliphatic rings. The van der Waals surface area contributed by atoms with Crippen molar-refractivity contribution in [2.75, 3.05) is 0 Å². The molecule has 0 radical (unpaired) electrons. The molecule has 0 unspecified atom stereocenters. The third-order valence-electron chi connectivity index (χ3n) is 11.9. The van der Waals surface area contributed by atoms with Crippen LogP contribution in [-0.2, 0) is 0 Å². The predicted molar refractivity (Wildman–Crippen MR) is 252 cm³/mol. The number of furan rings is 1. The van der Waals surface area contributed by atoms with Crippen LogP contribution in [-0.4, -0.2) is 15.0 Å². The SMILES string of the molecule is c1ccc(-c2nc(-c3ccccc3)nc(-c3cccc(-c4cccc(-c5cc(-c6ccc7ccc8ccccc8c7c6)cc6c5oc5ccc7ccccc7c56)c4)c3)n2)cc1. The molecule has 0 fully saturated rings. The largest absolute Gasteiger partial charge is 0.455 e. The highest BCUT2D eigenvalue weighted by molar-refractivity contribution is 6.21. The predicted octanol–water partition coefficient (Wildman–Crippen LogP) is 15.2. The van der Waals surface area contributed by atoms with Crippen molar-refractivity contribution in [2.24, 2.45) is 0 Å². The molecule has 284 valence electrons. The molecule has 0 spiro atoms. The van der Waals surface area contributed by atoms with Crippen molar-refractivity contribution >= 4 is 54.3 Å². The fourth-order valence-corrected chi connectivity index (χ4v) is 8.85. The summed E-state index contributed by atoms with van der Waals surface area (Å²) >= 11 is 0. The first-order valence-electron chi connectivity index (χ1n) is 20.6. The molecule has 2 aromatic heterocycles. The van der Waals surface area contributed by atoms with E-state index in [1.54, 1.807) is 0 Å². The highest BCUT2D eigenvalue weighted by Gasteiger charge is 2.19. The van der Waals surface area contributed by atoms with Gasteiger partial charge in [-0.25, -0.2) is 15.0 Å². The van der Waals surface area contributed by atoms with Gasteiger partial charge in [-0.15, -0.1) is 0 Å². The minimum absolute atomic E-state index is 0.623. The molecule has 0 saturated heterocycles. The number of hydrogen-bond donors (Lipinski definition) is 0. The van der Waals surface area contributed by atoms with Crippen LogP contribution < -0.4 is 0 Å². The number of hydrogen-bond acceptors (Lipinski definition) is 4. The Morgan fingerprint density at radius 3 is 1.46 bits per heavy atom. The minimum Gasteiger partial charge on any atom is -0.455 e. The zero-order valence-corrected chi connectivity index (χ0v) is 33.0. The molecule has 0 amide bonds. The summed E-state index contributed by atoms with van der Waals surface area (Å²) in [5.74, 6) is 1.90. The third-order valence-corrected chi connectivity index (χ3v) is 11.9. The van der Waals surface area contributed by atoms with Gasteiger partial charge in [0.1, 0.15) is 11.2 Å². The number of rotatable bonds is 6. The Labute approximate surface area is 352 Å². The van der Waals surface area contributed by atoms with E-state index >= 15 is 0 Å². The number of fused-ring (bicyclic) bond motifs is 8. The topological polar surface area (TPSA) is 51.8 Å². The van der Waals surface area contributed by atoms with Gasteiger partial charge in [0.15, 0.2) is 17.5 Å². The lowest BCUT2D eigenvalue weighted by atomic mass is 9.92. The van der Waals surface area contributed by atoms with Gasteiger partial charge in [-0.05, 0) is 96.5 Å². The van der Waals surface area contributed by atoms with Gasteiger partial charge >= 0.3 is 0 Å². The molecular weight excluding hydrogens is 743 g/mol. The molecule has 0 aliphatic heterocycles.